The van der Waals surface area contributed by atoms with Crippen LogP contribution in [0, 0.1) is 13.8 Å². The minimum absolute atomic E-state index is 0.0195. The molecule has 5 nitrogen and oxygen atoms in total. The van der Waals surface area contributed by atoms with Crippen molar-refractivity contribution in [2.45, 2.75) is 33.2 Å². The number of nitrogens with zero attached hydrogens (tertiary/aromatic N) is 3. The third kappa shape index (κ3) is 3.23. The molecule has 1 atom stereocenters. The Hall–Kier alpha value is -2.17. The fourth-order valence-electron chi connectivity index (χ4n) is 2.24. The van der Waals surface area contributed by atoms with E-state index in [1.807, 2.05) is 46.0 Å². The molecule has 0 fully saturated rings. The lowest BCUT2D eigenvalue weighted by molar-refractivity contribution is 0.0931. The number of nitrogens with one attached hydrogen (secondary N) is 1. The molecular weight excluding hydrogens is 252 g/mol. The van der Waals surface area contributed by atoms with Crippen molar-refractivity contribution in [1.82, 2.24) is 19.9 Å². The second-order valence-electron chi connectivity index (χ2n) is 5.14. The molecule has 0 saturated carbocycles. The van der Waals surface area contributed by atoms with Gasteiger partial charge in [-0.2, -0.15) is 0 Å². The topological polar surface area (TPSA) is 59.8 Å². The summed E-state index contributed by atoms with van der Waals surface area (Å²) >= 11 is 0. The third-order valence-corrected chi connectivity index (χ3v) is 3.17. The van der Waals surface area contributed by atoms with Gasteiger partial charge in [-0.1, -0.05) is 6.07 Å². The van der Waals surface area contributed by atoms with E-state index in [1.165, 1.54) is 0 Å². The number of carbonyl (C=O) groups excluding carboxylic acids is 1. The second kappa shape index (κ2) is 5.86. The molecule has 0 bridgehead atoms. The van der Waals surface area contributed by atoms with E-state index in [1.54, 1.807) is 10.9 Å². The number of amides is 1. The van der Waals surface area contributed by atoms with E-state index in [4.69, 9.17) is 0 Å². The van der Waals surface area contributed by atoms with Crippen LogP contribution in [0.4, 0.5) is 0 Å². The first kappa shape index (κ1) is 14.2. The predicted octanol–water partition coefficient (Wildman–Crippen LogP) is 1.79. The molecule has 2 rings (SSSR count). The van der Waals surface area contributed by atoms with Gasteiger partial charge in [-0.25, -0.2) is 4.98 Å². The van der Waals surface area contributed by atoms with Gasteiger partial charge in [0.2, 0.25) is 0 Å². The Labute approximate surface area is 119 Å². The molecule has 1 N–H and O–H groups in total. The SMILES string of the molecule is Cc1cccc(C[C@@H](C)NC(=O)c2c(C)ncn2C)n1. The van der Waals surface area contributed by atoms with Crippen LogP contribution in [0.5, 0.6) is 0 Å². The molecule has 20 heavy (non-hydrogen) atoms. The molecule has 0 aliphatic rings. The number of pyridine rings is 1. The maximum atomic E-state index is 12.2. The lowest BCUT2D eigenvalue weighted by Crippen LogP contribution is -2.35. The Bertz CT molecular complexity index is 599. The van der Waals surface area contributed by atoms with Gasteiger partial charge in [0.05, 0.1) is 12.0 Å². The first-order valence-corrected chi connectivity index (χ1v) is 6.68. The van der Waals surface area contributed by atoms with Crippen LogP contribution in [0.15, 0.2) is 24.5 Å². The zero-order valence-electron chi connectivity index (χ0n) is 12.3. The van der Waals surface area contributed by atoms with Crippen molar-refractivity contribution in [3.05, 3.63) is 47.3 Å². The minimum atomic E-state index is -0.0948. The van der Waals surface area contributed by atoms with Gasteiger partial charge in [-0.3, -0.25) is 9.78 Å². The Morgan fingerprint density at radius 1 is 1.40 bits per heavy atom. The van der Waals surface area contributed by atoms with Crippen molar-refractivity contribution < 1.29 is 4.79 Å². The van der Waals surface area contributed by atoms with E-state index < -0.39 is 0 Å². The summed E-state index contributed by atoms with van der Waals surface area (Å²) < 4.78 is 1.74. The maximum absolute atomic E-state index is 12.2. The summed E-state index contributed by atoms with van der Waals surface area (Å²) in [4.78, 5) is 20.8. The molecular formula is C15H20N4O. The monoisotopic (exact) mass is 272 g/mol. The molecule has 0 aliphatic heterocycles. The lowest BCUT2D eigenvalue weighted by atomic mass is 10.1. The van der Waals surface area contributed by atoms with Crippen LogP contribution in [0.25, 0.3) is 0 Å². The number of imidazole rings is 1. The van der Waals surface area contributed by atoms with Gasteiger partial charge in [0.25, 0.3) is 5.91 Å². The fraction of sp³-hybridized carbons (Fsp3) is 0.400. The summed E-state index contributed by atoms with van der Waals surface area (Å²) in [6.45, 7) is 5.78. The van der Waals surface area contributed by atoms with E-state index in [9.17, 15) is 4.79 Å². The summed E-state index contributed by atoms with van der Waals surface area (Å²) in [6.07, 6.45) is 2.36. The van der Waals surface area contributed by atoms with Gasteiger partial charge in [0.15, 0.2) is 0 Å². The van der Waals surface area contributed by atoms with Gasteiger partial charge in [-0.15, -0.1) is 0 Å². The molecule has 106 valence electrons. The Balaban J connectivity index is 2.01. The number of aromatic nitrogens is 3. The van der Waals surface area contributed by atoms with E-state index >= 15 is 0 Å². The quantitative estimate of drug-likeness (QED) is 0.923. The van der Waals surface area contributed by atoms with Gasteiger partial charge in [0, 0.05) is 30.9 Å². The highest BCUT2D eigenvalue weighted by Crippen LogP contribution is 2.06. The standard InChI is InChI=1S/C15H20N4O/c1-10-6-5-7-13(17-10)8-11(2)18-15(20)14-12(3)16-9-19(14)4/h5-7,9,11H,8H2,1-4H3,(H,18,20)/t11-/m1/s1. The number of hydrogen-bond acceptors (Lipinski definition) is 3. The van der Waals surface area contributed by atoms with Crippen molar-refractivity contribution in [3.8, 4) is 0 Å². The van der Waals surface area contributed by atoms with Gasteiger partial charge < -0.3 is 9.88 Å². The van der Waals surface area contributed by atoms with Crippen LogP contribution in [0.1, 0.15) is 34.5 Å². The van der Waals surface area contributed by atoms with E-state index in [0.717, 1.165) is 17.1 Å². The number of hydrogen-bond donors (Lipinski definition) is 1. The van der Waals surface area contributed by atoms with E-state index in [0.29, 0.717) is 12.1 Å². The highest BCUT2D eigenvalue weighted by molar-refractivity contribution is 5.93. The zero-order valence-corrected chi connectivity index (χ0v) is 12.3. The van der Waals surface area contributed by atoms with Crippen LogP contribution < -0.4 is 5.32 Å². The van der Waals surface area contributed by atoms with Crippen molar-refractivity contribution in [2.75, 3.05) is 0 Å². The molecule has 0 radical (unpaired) electrons. The molecule has 2 heterocycles. The van der Waals surface area contributed by atoms with Crippen molar-refractivity contribution in [1.29, 1.82) is 0 Å². The largest absolute Gasteiger partial charge is 0.348 e. The predicted molar refractivity (Wildman–Crippen MR) is 77.6 cm³/mol. The van der Waals surface area contributed by atoms with Crippen LogP contribution in [-0.2, 0) is 13.5 Å². The normalized spacial score (nSPS) is 12.2. The second-order valence-corrected chi connectivity index (χ2v) is 5.14. The van der Waals surface area contributed by atoms with Crippen LogP contribution >= 0.6 is 0 Å². The number of aryl methyl sites for hydroxylation is 3. The summed E-state index contributed by atoms with van der Waals surface area (Å²) in [7, 11) is 1.82. The molecule has 5 heteroatoms. The summed E-state index contributed by atoms with van der Waals surface area (Å²) in [5, 5.41) is 2.99. The Morgan fingerprint density at radius 3 is 2.75 bits per heavy atom. The number of carbonyl (C=O) groups is 1. The van der Waals surface area contributed by atoms with Crippen molar-refractivity contribution in [2.24, 2.45) is 7.05 Å². The summed E-state index contributed by atoms with van der Waals surface area (Å²) in [5.41, 5.74) is 3.32. The molecule has 2 aromatic heterocycles. The highest BCUT2D eigenvalue weighted by atomic mass is 16.2. The first-order valence-electron chi connectivity index (χ1n) is 6.68. The molecule has 1 amide bonds. The molecule has 2 aromatic rings. The van der Waals surface area contributed by atoms with Crippen LogP contribution in [-0.4, -0.2) is 26.5 Å². The average molecular weight is 272 g/mol. The zero-order chi connectivity index (χ0) is 14.7. The smallest absolute Gasteiger partial charge is 0.270 e. The van der Waals surface area contributed by atoms with Gasteiger partial charge >= 0.3 is 0 Å². The third-order valence-electron chi connectivity index (χ3n) is 3.17. The Morgan fingerprint density at radius 2 is 2.15 bits per heavy atom. The van der Waals surface area contributed by atoms with E-state index in [2.05, 4.69) is 15.3 Å². The van der Waals surface area contributed by atoms with Crippen LogP contribution in [0.2, 0.25) is 0 Å². The molecule has 0 aromatic carbocycles. The average Bonchev–Trinajstić information content (AvgIpc) is 2.68. The fourth-order valence-corrected chi connectivity index (χ4v) is 2.24. The highest BCUT2D eigenvalue weighted by Gasteiger charge is 2.16. The van der Waals surface area contributed by atoms with Gasteiger partial charge in [0.1, 0.15) is 5.69 Å². The summed E-state index contributed by atoms with van der Waals surface area (Å²) in [5.74, 6) is -0.0948. The molecule has 0 spiro atoms. The summed E-state index contributed by atoms with van der Waals surface area (Å²) in [6, 6.07) is 5.94. The van der Waals surface area contributed by atoms with Crippen LogP contribution in [0.3, 0.4) is 0 Å². The van der Waals surface area contributed by atoms with E-state index in [-0.39, 0.29) is 11.9 Å². The maximum Gasteiger partial charge on any atom is 0.270 e. The molecule has 0 unspecified atom stereocenters. The van der Waals surface area contributed by atoms with Crippen molar-refractivity contribution >= 4 is 5.91 Å². The molecule has 0 aliphatic carbocycles. The lowest BCUT2D eigenvalue weighted by Gasteiger charge is -2.14. The number of rotatable bonds is 4. The molecule has 0 saturated heterocycles. The minimum Gasteiger partial charge on any atom is -0.348 e. The van der Waals surface area contributed by atoms with Crippen molar-refractivity contribution in [3.63, 3.8) is 0 Å². The Kier molecular flexibility index (Phi) is 4.17. The first-order chi connectivity index (χ1) is 9.47. The van der Waals surface area contributed by atoms with Gasteiger partial charge in [-0.05, 0) is 32.9 Å².